The molecule has 0 aliphatic heterocycles. The Morgan fingerprint density at radius 3 is 2.29 bits per heavy atom. The number of benzene rings is 1. The zero-order valence-corrected chi connectivity index (χ0v) is 13.7. The lowest BCUT2D eigenvalue weighted by Crippen LogP contribution is -2.28. The molecule has 2 atom stereocenters. The van der Waals surface area contributed by atoms with Gasteiger partial charge in [0.2, 0.25) is 0 Å². The summed E-state index contributed by atoms with van der Waals surface area (Å²) in [5.41, 5.74) is 3.73. The molecule has 1 aromatic carbocycles. The first kappa shape index (κ1) is 18.0. The van der Waals surface area contributed by atoms with Gasteiger partial charge in [-0.25, -0.2) is 0 Å². The Kier molecular flexibility index (Phi) is 8.35. The van der Waals surface area contributed by atoms with Crippen molar-refractivity contribution in [2.24, 2.45) is 0 Å². The Morgan fingerprint density at radius 1 is 1.14 bits per heavy atom. The number of para-hydroxylation sites is 1. The van der Waals surface area contributed by atoms with Gasteiger partial charge >= 0.3 is 0 Å². The summed E-state index contributed by atoms with van der Waals surface area (Å²) in [6, 6.07) is 6.35. The molecule has 21 heavy (non-hydrogen) atoms. The van der Waals surface area contributed by atoms with Crippen molar-refractivity contribution in [3.63, 3.8) is 0 Å². The van der Waals surface area contributed by atoms with Gasteiger partial charge in [0.1, 0.15) is 0 Å². The fourth-order valence-corrected chi connectivity index (χ4v) is 2.31. The molecule has 0 fully saturated rings. The number of ether oxygens (including phenoxy) is 2. The van der Waals surface area contributed by atoms with E-state index in [0.29, 0.717) is 19.8 Å². The Balaban J connectivity index is 2.51. The van der Waals surface area contributed by atoms with Gasteiger partial charge in [0.05, 0.1) is 25.4 Å². The molecule has 120 valence electrons. The smallest absolute Gasteiger partial charge is 0.0945 e. The summed E-state index contributed by atoms with van der Waals surface area (Å²) in [7, 11) is 1.64. The quantitative estimate of drug-likeness (QED) is 0.697. The van der Waals surface area contributed by atoms with E-state index in [9.17, 15) is 5.11 Å². The highest BCUT2D eigenvalue weighted by atomic mass is 16.5. The van der Waals surface area contributed by atoms with Crippen LogP contribution in [-0.4, -0.2) is 44.2 Å². The summed E-state index contributed by atoms with van der Waals surface area (Å²) < 4.78 is 10.5. The molecule has 4 heteroatoms. The molecule has 0 aliphatic carbocycles. The van der Waals surface area contributed by atoms with Gasteiger partial charge in [-0.1, -0.05) is 32.0 Å². The number of anilines is 1. The zero-order valence-electron chi connectivity index (χ0n) is 13.7. The van der Waals surface area contributed by atoms with Crippen LogP contribution in [0.25, 0.3) is 0 Å². The number of hydrogen-bond donors (Lipinski definition) is 2. The lowest BCUT2D eigenvalue weighted by molar-refractivity contribution is -0.0282. The minimum absolute atomic E-state index is 0.00113. The Labute approximate surface area is 128 Å². The first-order valence-electron chi connectivity index (χ1n) is 7.75. The molecule has 0 saturated carbocycles. The van der Waals surface area contributed by atoms with Crippen molar-refractivity contribution in [3.8, 4) is 0 Å². The van der Waals surface area contributed by atoms with E-state index >= 15 is 0 Å². The van der Waals surface area contributed by atoms with E-state index < -0.39 is 6.10 Å². The van der Waals surface area contributed by atoms with Crippen LogP contribution in [0.4, 0.5) is 5.69 Å². The molecule has 0 aliphatic rings. The third-order valence-electron chi connectivity index (χ3n) is 3.49. The van der Waals surface area contributed by atoms with Crippen molar-refractivity contribution in [1.82, 2.24) is 0 Å². The molecular formula is C17H29NO3. The zero-order chi connectivity index (χ0) is 15.7. The van der Waals surface area contributed by atoms with Gasteiger partial charge in [0.25, 0.3) is 0 Å². The second kappa shape index (κ2) is 9.77. The maximum Gasteiger partial charge on any atom is 0.0945 e. The Bertz CT molecular complexity index is 387. The van der Waals surface area contributed by atoms with Gasteiger partial charge in [-0.3, -0.25) is 0 Å². The monoisotopic (exact) mass is 295 g/mol. The summed E-state index contributed by atoms with van der Waals surface area (Å²) in [6.07, 6.45) is 1.43. The van der Waals surface area contributed by atoms with Crippen molar-refractivity contribution in [2.75, 3.05) is 32.2 Å². The molecule has 1 aromatic rings. The Hall–Kier alpha value is -1.10. The summed E-state index contributed by atoms with van der Waals surface area (Å²) in [6.45, 7) is 7.57. The third-order valence-corrected chi connectivity index (χ3v) is 3.49. The lowest BCUT2D eigenvalue weighted by atomic mass is 10.0. The first-order valence-corrected chi connectivity index (χ1v) is 7.75. The number of aryl methyl sites for hydroxylation is 2. The third kappa shape index (κ3) is 6.04. The maximum absolute atomic E-state index is 10.0. The van der Waals surface area contributed by atoms with Crippen molar-refractivity contribution in [2.45, 2.75) is 45.8 Å². The van der Waals surface area contributed by atoms with Gasteiger partial charge in [0, 0.05) is 19.3 Å². The second-order valence-corrected chi connectivity index (χ2v) is 5.29. The average molecular weight is 295 g/mol. The van der Waals surface area contributed by atoms with Crippen molar-refractivity contribution in [3.05, 3.63) is 29.3 Å². The van der Waals surface area contributed by atoms with E-state index in [4.69, 9.17) is 9.47 Å². The SMILES string of the molecule is CCc1cccc(CC)c1NCC(O)COC(C)COC. The molecule has 0 spiro atoms. The number of aliphatic hydroxyl groups excluding tert-OH is 1. The second-order valence-electron chi connectivity index (χ2n) is 5.29. The van der Waals surface area contributed by atoms with Crippen molar-refractivity contribution < 1.29 is 14.6 Å². The van der Waals surface area contributed by atoms with Crippen LogP contribution in [0.15, 0.2) is 18.2 Å². The van der Waals surface area contributed by atoms with E-state index in [1.807, 2.05) is 6.92 Å². The molecule has 0 aromatic heterocycles. The highest BCUT2D eigenvalue weighted by Gasteiger charge is 2.10. The predicted octanol–water partition coefficient (Wildman–Crippen LogP) is 2.64. The van der Waals surface area contributed by atoms with Crippen LogP contribution in [0.5, 0.6) is 0 Å². The first-order chi connectivity index (χ1) is 10.1. The number of methoxy groups -OCH3 is 1. The summed E-state index contributed by atoms with van der Waals surface area (Å²) in [5, 5.41) is 13.4. The van der Waals surface area contributed by atoms with E-state index in [-0.39, 0.29) is 6.10 Å². The lowest BCUT2D eigenvalue weighted by Gasteiger charge is -2.19. The number of aliphatic hydroxyl groups is 1. The van der Waals surface area contributed by atoms with Crippen LogP contribution < -0.4 is 5.32 Å². The fraction of sp³-hybridized carbons (Fsp3) is 0.647. The van der Waals surface area contributed by atoms with Gasteiger partial charge in [0.15, 0.2) is 0 Å². The van der Waals surface area contributed by atoms with Gasteiger partial charge in [-0.2, -0.15) is 0 Å². The molecule has 0 radical (unpaired) electrons. The van der Waals surface area contributed by atoms with E-state index in [0.717, 1.165) is 18.5 Å². The van der Waals surface area contributed by atoms with Gasteiger partial charge < -0.3 is 19.9 Å². The van der Waals surface area contributed by atoms with Crippen LogP contribution in [0, 0.1) is 0 Å². The molecule has 2 N–H and O–H groups in total. The van der Waals surface area contributed by atoms with E-state index in [1.165, 1.54) is 11.1 Å². The standard InChI is InChI=1S/C17H29NO3/c1-5-14-8-7-9-15(6-2)17(14)18-10-16(19)12-21-13(3)11-20-4/h7-9,13,16,18-19H,5-6,10-12H2,1-4H3. The molecule has 1 rings (SSSR count). The minimum Gasteiger partial charge on any atom is -0.389 e. The van der Waals surface area contributed by atoms with Gasteiger partial charge in [-0.15, -0.1) is 0 Å². The summed E-state index contributed by atoms with van der Waals surface area (Å²) >= 11 is 0. The normalized spacial score (nSPS) is 14.0. The molecule has 4 nitrogen and oxygen atoms in total. The average Bonchev–Trinajstić information content (AvgIpc) is 2.50. The number of nitrogens with one attached hydrogen (secondary N) is 1. The van der Waals surface area contributed by atoms with Crippen LogP contribution in [0.1, 0.15) is 31.9 Å². The highest BCUT2D eigenvalue weighted by molar-refractivity contribution is 5.57. The maximum atomic E-state index is 10.0. The molecule has 2 unspecified atom stereocenters. The fourth-order valence-electron chi connectivity index (χ4n) is 2.31. The van der Waals surface area contributed by atoms with Gasteiger partial charge in [-0.05, 0) is 30.9 Å². The van der Waals surface area contributed by atoms with Crippen molar-refractivity contribution in [1.29, 1.82) is 0 Å². The summed E-state index contributed by atoms with van der Waals surface area (Å²) in [4.78, 5) is 0. The Morgan fingerprint density at radius 2 is 1.76 bits per heavy atom. The molecule has 0 saturated heterocycles. The van der Waals surface area contributed by atoms with Crippen LogP contribution in [0.2, 0.25) is 0 Å². The molecule has 0 amide bonds. The van der Waals surface area contributed by atoms with E-state index in [1.54, 1.807) is 7.11 Å². The molecule has 0 heterocycles. The predicted molar refractivity (Wildman–Crippen MR) is 87.0 cm³/mol. The largest absolute Gasteiger partial charge is 0.389 e. The summed E-state index contributed by atoms with van der Waals surface area (Å²) in [5.74, 6) is 0. The molecule has 0 bridgehead atoms. The van der Waals surface area contributed by atoms with Crippen LogP contribution in [-0.2, 0) is 22.3 Å². The van der Waals surface area contributed by atoms with Crippen LogP contribution >= 0.6 is 0 Å². The highest BCUT2D eigenvalue weighted by Crippen LogP contribution is 2.22. The van der Waals surface area contributed by atoms with E-state index in [2.05, 4.69) is 37.4 Å². The number of hydrogen-bond acceptors (Lipinski definition) is 4. The van der Waals surface area contributed by atoms with Crippen LogP contribution in [0.3, 0.4) is 0 Å². The molecular weight excluding hydrogens is 266 g/mol. The number of rotatable bonds is 10. The minimum atomic E-state index is -0.529. The topological polar surface area (TPSA) is 50.7 Å². The van der Waals surface area contributed by atoms with Crippen molar-refractivity contribution >= 4 is 5.69 Å².